The summed E-state index contributed by atoms with van der Waals surface area (Å²) in [6.45, 7) is 8.90. The van der Waals surface area contributed by atoms with E-state index in [2.05, 4.69) is 38.2 Å². The number of benzene rings is 1. The quantitative estimate of drug-likeness (QED) is 0.797. The van der Waals surface area contributed by atoms with Crippen LogP contribution in [0, 0.1) is 11.8 Å². The van der Waals surface area contributed by atoms with E-state index in [1.54, 1.807) is 0 Å². The summed E-state index contributed by atoms with van der Waals surface area (Å²) in [5.74, 6) is 1.37. The summed E-state index contributed by atoms with van der Waals surface area (Å²) in [7, 11) is 0. The highest BCUT2D eigenvalue weighted by molar-refractivity contribution is 6.30. The van der Waals surface area contributed by atoms with Gasteiger partial charge in [-0.25, -0.2) is 0 Å². The van der Waals surface area contributed by atoms with Crippen molar-refractivity contribution < 1.29 is 0 Å². The van der Waals surface area contributed by atoms with E-state index in [9.17, 15) is 0 Å². The van der Waals surface area contributed by atoms with Crippen LogP contribution in [0.25, 0.3) is 0 Å². The number of rotatable bonds is 6. The van der Waals surface area contributed by atoms with Crippen molar-refractivity contribution in [1.29, 1.82) is 0 Å². The van der Waals surface area contributed by atoms with Crippen molar-refractivity contribution in [3.63, 3.8) is 0 Å². The minimum absolute atomic E-state index is 0.650. The third-order valence-corrected chi connectivity index (χ3v) is 2.75. The normalized spacial score (nSPS) is 13.1. The van der Waals surface area contributed by atoms with Crippen LogP contribution < -0.4 is 5.32 Å². The molecule has 16 heavy (non-hydrogen) atoms. The van der Waals surface area contributed by atoms with E-state index >= 15 is 0 Å². The van der Waals surface area contributed by atoms with Gasteiger partial charge in [0.25, 0.3) is 0 Å². The van der Waals surface area contributed by atoms with Crippen LogP contribution in [0.5, 0.6) is 0 Å². The highest BCUT2D eigenvalue weighted by Gasteiger charge is 2.04. The van der Waals surface area contributed by atoms with Crippen LogP contribution >= 0.6 is 11.6 Å². The summed E-state index contributed by atoms with van der Waals surface area (Å²) in [6, 6.07) is 8.14. The first-order valence-corrected chi connectivity index (χ1v) is 6.41. The molecule has 0 fully saturated rings. The van der Waals surface area contributed by atoms with Gasteiger partial charge in [-0.1, -0.05) is 44.5 Å². The summed E-state index contributed by atoms with van der Waals surface area (Å²) in [6.07, 6.45) is 1.09. The molecule has 0 aliphatic carbocycles. The van der Waals surface area contributed by atoms with Crippen molar-refractivity contribution >= 4 is 11.6 Å². The number of hydrogen-bond donors (Lipinski definition) is 1. The summed E-state index contributed by atoms with van der Waals surface area (Å²) >= 11 is 5.96. The lowest BCUT2D eigenvalue weighted by Crippen LogP contribution is -2.26. The number of nitrogens with one attached hydrogen (secondary N) is 1. The van der Waals surface area contributed by atoms with Gasteiger partial charge in [0.2, 0.25) is 0 Å². The summed E-state index contributed by atoms with van der Waals surface area (Å²) in [5.41, 5.74) is 1.33. The van der Waals surface area contributed by atoms with Crippen molar-refractivity contribution in [2.75, 3.05) is 13.1 Å². The molecule has 1 aromatic carbocycles. The van der Waals surface area contributed by atoms with Crippen LogP contribution in [0.3, 0.4) is 0 Å². The molecule has 1 rings (SSSR count). The van der Waals surface area contributed by atoms with E-state index in [4.69, 9.17) is 11.6 Å². The molecular weight excluding hydrogens is 218 g/mol. The van der Waals surface area contributed by atoms with E-state index in [0.29, 0.717) is 5.92 Å². The summed E-state index contributed by atoms with van der Waals surface area (Å²) in [4.78, 5) is 0. The molecule has 0 bridgehead atoms. The van der Waals surface area contributed by atoms with Gasteiger partial charge in [-0.15, -0.1) is 0 Å². The molecule has 1 aromatic rings. The van der Waals surface area contributed by atoms with E-state index in [0.717, 1.165) is 30.5 Å². The Hall–Kier alpha value is -0.530. The van der Waals surface area contributed by atoms with Crippen molar-refractivity contribution in [1.82, 2.24) is 5.32 Å². The predicted molar refractivity (Wildman–Crippen MR) is 72.0 cm³/mol. The Labute approximate surface area is 104 Å². The Morgan fingerprint density at radius 3 is 2.56 bits per heavy atom. The molecule has 0 radical (unpaired) electrons. The van der Waals surface area contributed by atoms with Crippen molar-refractivity contribution in [3.8, 4) is 0 Å². The number of hydrogen-bond acceptors (Lipinski definition) is 1. The average Bonchev–Trinajstić information content (AvgIpc) is 2.16. The second-order valence-electron chi connectivity index (χ2n) is 4.99. The van der Waals surface area contributed by atoms with Crippen LogP contribution in [0.2, 0.25) is 5.02 Å². The zero-order valence-corrected chi connectivity index (χ0v) is 11.2. The summed E-state index contributed by atoms with van der Waals surface area (Å²) < 4.78 is 0. The molecule has 1 atom stereocenters. The van der Waals surface area contributed by atoms with Gasteiger partial charge < -0.3 is 5.32 Å². The monoisotopic (exact) mass is 239 g/mol. The average molecular weight is 240 g/mol. The van der Waals surface area contributed by atoms with Gasteiger partial charge in [-0.3, -0.25) is 0 Å². The third-order valence-electron chi connectivity index (χ3n) is 2.52. The van der Waals surface area contributed by atoms with Gasteiger partial charge in [-0.05, 0) is 49.0 Å². The smallest absolute Gasteiger partial charge is 0.0408 e. The fraction of sp³-hybridized carbons (Fsp3) is 0.571. The van der Waals surface area contributed by atoms with Crippen LogP contribution in [-0.4, -0.2) is 13.1 Å². The van der Waals surface area contributed by atoms with Crippen molar-refractivity contribution in [2.45, 2.75) is 27.2 Å². The van der Waals surface area contributed by atoms with E-state index in [-0.39, 0.29) is 0 Å². The van der Waals surface area contributed by atoms with Crippen LogP contribution in [0.4, 0.5) is 0 Å². The molecule has 1 nitrogen and oxygen atoms in total. The topological polar surface area (TPSA) is 12.0 Å². The zero-order valence-electron chi connectivity index (χ0n) is 10.5. The highest BCUT2D eigenvalue weighted by Crippen LogP contribution is 2.14. The molecule has 0 aliphatic heterocycles. The SMILES string of the molecule is CC(C)CNCC(C)Cc1cccc(Cl)c1. The van der Waals surface area contributed by atoms with Crippen molar-refractivity contribution in [3.05, 3.63) is 34.9 Å². The molecule has 0 aliphatic rings. The van der Waals surface area contributed by atoms with Crippen LogP contribution in [0.1, 0.15) is 26.3 Å². The molecule has 90 valence electrons. The van der Waals surface area contributed by atoms with Gasteiger partial charge >= 0.3 is 0 Å². The molecule has 0 amide bonds. The second-order valence-corrected chi connectivity index (χ2v) is 5.43. The predicted octanol–water partition coefficient (Wildman–Crippen LogP) is 3.76. The molecule has 0 heterocycles. The first-order chi connectivity index (χ1) is 7.58. The minimum Gasteiger partial charge on any atom is -0.316 e. The molecule has 0 aromatic heterocycles. The van der Waals surface area contributed by atoms with Crippen LogP contribution in [-0.2, 0) is 6.42 Å². The first kappa shape index (κ1) is 13.5. The maximum atomic E-state index is 5.96. The lowest BCUT2D eigenvalue weighted by Gasteiger charge is -2.14. The van der Waals surface area contributed by atoms with Gasteiger partial charge in [-0.2, -0.15) is 0 Å². The Bertz CT molecular complexity index is 309. The Morgan fingerprint density at radius 2 is 1.94 bits per heavy atom. The second kappa shape index (κ2) is 6.93. The highest BCUT2D eigenvalue weighted by atomic mass is 35.5. The van der Waals surface area contributed by atoms with Gasteiger partial charge in [0.1, 0.15) is 0 Å². The third kappa shape index (κ3) is 5.53. The zero-order chi connectivity index (χ0) is 12.0. The maximum Gasteiger partial charge on any atom is 0.0408 e. The van der Waals surface area contributed by atoms with E-state index < -0.39 is 0 Å². The van der Waals surface area contributed by atoms with E-state index in [1.807, 2.05) is 12.1 Å². The Morgan fingerprint density at radius 1 is 1.19 bits per heavy atom. The minimum atomic E-state index is 0.650. The molecule has 2 heteroatoms. The van der Waals surface area contributed by atoms with Gasteiger partial charge in [0, 0.05) is 5.02 Å². The lowest BCUT2D eigenvalue weighted by molar-refractivity contribution is 0.473. The van der Waals surface area contributed by atoms with Crippen LogP contribution in [0.15, 0.2) is 24.3 Å². The first-order valence-electron chi connectivity index (χ1n) is 6.03. The molecule has 0 saturated carbocycles. The fourth-order valence-electron chi connectivity index (χ4n) is 1.76. The molecular formula is C14H22ClN. The standard InChI is InChI=1S/C14H22ClN/c1-11(2)9-16-10-12(3)7-13-5-4-6-14(15)8-13/h4-6,8,11-12,16H,7,9-10H2,1-3H3. The largest absolute Gasteiger partial charge is 0.316 e. The lowest BCUT2D eigenvalue weighted by atomic mass is 10.0. The number of halogens is 1. The van der Waals surface area contributed by atoms with E-state index in [1.165, 1.54) is 5.56 Å². The Balaban J connectivity index is 2.31. The maximum absolute atomic E-state index is 5.96. The summed E-state index contributed by atoms with van der Waals surface area (Å²) in [5, 5.41) is 4.32. The van der Waals surface area contributed by atoms with Crippen molar-refractivity contribution in [2.24, 2.45) is 11.8 Å². The Kier molecular flexibility index (Phi) is 5.86. The molecule has 1 unspecified atom stereocenters. The molecule has 0 saturated heterocycles. The molecule has 1 N–H and O–H groups in total. The fourth-order valence-corrected chi connectivity index (χ4v) is 1.97. The van der Waals surface area contributed by atoms with Gasteiger partial charge in [0.05, 0.1) is 0 Å². The van der Waals surface area contributed by atoms with Gasteiger partial charge in [0.15, 0.2) is 0 Å². The molecule has 0 spiro atoms.